The van der Waals surface area contributed by atoms with Gasteiger partial charge >= 0.3 is 0 Å². The Morgan fingerprint density at radius 2 is 1.74 bits per heavy atom. The first-order valence-electron chi connectivity index (χ1n) is 6.19. The second-order valence-electron chi connectivity index (χ2n) is 5.00. The van der Waals surface area contributed by atoms with Gasteiger partial charge < -0.3 is 15.6 Å². The Balaban J connectivity index is 2.32. The fraction of sp³-hybridized carbons (Fsp3) is 0.267. The molecule has 0 atom stereocenters. The maximum Gasteiger partial charge on any atom is 0.272 e. The highest BCUT2D eigenvalue weighted by Gasteiger charge is 2.13. The molecule has 0 unspecified atom stereocenters. The van der Waals surface area contributed by atoms with Crippen LogP contribution in [-0.2, 0) is 7.05 Å². The van der Waals surface area contributed by atoms with Gasteiger partial charge in [0.05, 0.1) is 5.69 Å². The van der Waals surface area contributed by atoms with Crippen molar-refractivity contribution in [2.45, 2.75) is 20.8 Å². The van der Waals surface area contributed by atoms with E-state index in [1.807, 2.05) is 20.8 Å². The summed E-state index contributed by atoms with van der Waals surface area (Å²) in [7, 11) is 1.81. The molecule has 0 aliphatic carbocycles. The van der Waals surface area contributed by atoms with E-state index in [1.165, 1.54) is 5.56 Å². The zero-order chi connectivity index (χ0) is 14.2. The van der Waals surface area contributed by atoms with Gasteiger partial charge in [-0.05, 0) is 38.0 Å². The number of nitrogen functional groups attached to an aromatic ring is 1. The summed E-state index contributed by atoms with van der Waals surface area (Å²) in [5.41, 5.74) is 11.0. The summed E-state index contributed by atoms with van der Waals surface area (Å²) in [5.74, 6) is -0.144. The van der Waals surface area contributed by atoms with Crippen LogP contribution in [0.1, 0.15) is 27.2 Å². The Morgan fingerprint density at radius 1 is 1.16 bits per heavy atom. The standard InChI is InChI=1S/C15H19N3O/c1-9-5-10(2)14(11(3)6-9)17-15(19)13-7-12(16)8-18(13)4/h5-8H,16H2,1-4H3,(H,17,19). The van der Waals surface area contributed by atoms with Gasteiger partial charge in [-0.25, -0.2) is 0 Å². The highest BCUT2D eigenvalue weighted by molar-refractivity contribution is 6.04. The van der Waals surface area contributed by atoms with E-state index in [4.69, 9.17) is 5.73 Å². The predicted octanol–water partition coefficient (Wildman–Crippen LogP) is 2.78. The molecular formula is C15H19N3O. The first-order valence-corrected chi connectivity index (χ1v) is 6.19. The minimum absolute atomic E-state index is 0.144. The fourth-order valence-electron chi connectivity index (χ4n) is 2.37. The molecule has 0 radical (unpaired) electrons. The van der Waals surface area contributed by atoms with Crippen molar-refractivity contribution in [3.63, 3.8) is 0 Å². The van der Waals surface area contributed by atoms with Crippen LogP contribution in [0.15, 0.2) is 24.4 Å². The Bertz CT molecular complexity index is 618. The minimum atomic E-state index is -0.144. The van der Waals surface area contributed by atoms with Crippen LogP contribution in [0.25, 0.3) is 0 Å². The molecule has 0 aliphatic heterocycles. The highest BCUT2D eigenvalue weighted by Crippen LogP contribution is 2.23. The lowest BCUT2D eigenvalue weighted by atomic mass is 10.1. The van der Waals surface area contributed by atoms with Gasteiger partial charge in [-0.2, -0.15) is 0 Å². The van der Waals surface area contributed by atoms with Crippen molar-refractivity contribution in [3.8, 4) is 0 Å². The summed E-state index contributed by atoms with van der Waals surface area (Å²) >= 11 is 0. The summed E-state index contributed by atoms with van der Waals surface area (Å²) in [6.45, 7) is 6.04. The van der Waals surface area contributed by atoms with Crippen LogP contribution in [-0.4, -0.2) is 10.5 Å². The van der Waals surface area contributed by atoms with Gasteiger partial charge in [-0.15, -0.1) is 0 Å². The Hall–Kier alpha value is -2.23. The number of nitrogens with one attached hydrogen (secondary N) is 1. The van der Waals surface area contributed by atoms with Crippen molar-refractivity contribution < 1.29 is 4.79 Å². The Labute approximate surface area is 113 Å². The second kappa shape index (κ2) is 4.80. The molecular weight excluding hydrogens is 238 g/mol. The van der Waals surface area contributed by atoms with Crippen LogP contribution in [0.2, 0.25) is 0 Å². The number of nitrogens with two attached hydrogens (primary N) is 1. The highest BCUT2D eigenvalue weighted by atomic mass is 16.1. The molecule has 0 spiro atoms. The predicted molar refractivity (Wildman–Crippen MR) is 78.4 cm³/mol. The minimum Gasteiger partial charge on any atom is -0.397 e. The van der Waals surface area contributed by atoms with Crippen LogP contribution in [0.4, 0.5) is 11.4 Å². The zero-order valence-electron chi connectivity index (χ0n) is 11.7. The number of aryl methyl sites for hydroxylation is 4. The van der Waals surface area contributed by atoms with E-state index in [2.05, 4.69) is 17.4 Å². The number of amides is 1. The summed E-state index contributed by atoms with van der Waals surface area (Å²) in [4.78, 5) is 12.3. The van der Waals surface area contributed by atoms with Gasteiger partial charge in [0.2, 0.25) is 0 Å². The maximum atomic E-state index is 12.3. The van der Waals surface area contributed by atoms with E-state index in [9.17, 15) is 4.79 Å². The van der Waals surface area contributed by atoms with Crippen molar-refractivity contribution in [2.24, 2.45) is 7.05 Å². The van der Waals surface area contributed by atoms with Crippen LogP contribution < -0.4 is 11.1 Å². The van der Waals surface area contributed by atoms with Crippen LogP contribution in [0.3, 0.4) is 0 Å². The van der Waals surface area contributed by atoms with Crippen molar-refractivity contribution in [1.82, 2.24) is 4.57 Å². The monoisotopic (exact) mass is 257 g/mol. The third-order valence-electron chi connectivity index (χ3n) is 3.17. The number of hydrogen-bond acceptors (Lipinski definition) is 2. The molecule has 0 saturated heterocycles. The molecule has 0 bridgehead atoms. The van der Waals surface area contributed by atoms with E-state index < -0.39 is 0 Å². The smallest absolute Gasteiger partial charge is 0.272 e. The number of aromatic nitrogens is 1. The third-order valence-corrected chi connectivity index (χ3v) is 3.17. The summed E-state index contributed by atoms with van der Waals surface area (Å²) in [6.07, 6.45) is 1.73. The molecule has 19 heavy (non-hydrogen) atoms. The lowest BCUT2D eigenvalue weighted by molar-refractivity contribution is 0.101. The van der Waals surface area contributed by atoms with Gasteiger partial charge in [0.25, 0.3) is 5.91 Å². The molecule has 1 heterocycles. The molecule has 3 N–H and O–H groups in total. The Kier molecular flexibility index (Phi) is 3.34. The van der Waals surface area contributed by atoms with E-state index in [1.54, 1.807) is 23.9 Å². The summed E-state index contributed by atoms with van der Waals surface area (Å²) in [5, 5.41) is 2.96. The Morgan fingerprint density at radius 3 is 2.21 bits per heavy atom. The average Bonchev–Trinajstić information content (AvgIpc) is 2.62. The maximum absolute atomic E-state index is 12.3. The lowest BCUT2D eigenvalue weighted by Gasteiger charge is -2.13. The quantitative estimate of drug-likeness (QED) is 0.869. The summed E-state index contributed by atoms with van der Waals surface area (Å²) in [6, 6.07) is 5.79. The van der Waals surface area contributed by atoms with Gasteiger partial charge in [0.1, 0.15) is 5.69 Å². The lowest BCUT2D eigenvalue weighted by Crippen LogP contribution is -2.16. The summed E-state index contributed by atoms with van der Waals surface area (Å²) < 4.78 is 1.73. The van der Waals surface area contributed by atoms with Crippen LogP contribution in [0.5, 0.6) is 0 Å². The number of benzene rings is 1. The molecule has 1 aromatic carbocycles. The van der Waals surface area contributed by atoms with Gasteiger partial charge in [0, 0.05) is 18.9 Å². The molecule has 2 rings (SSSR count). The molecule has 0 saturated carbocycles. The molecule has 1 aromatic heterocycles. The van der Waals surface area contributed by atoms with Crippen molar-refractivity contribution in [3.05, 3.63) is 46.8 Å². The SMILES string of the molecule is Cc1cc(C)c(NC(=O)c2cc(N)cn2C)c(C)c1. The van der Waals surface area contributed by atoms with Gasteiger partial charge in [-0.1, -0.05) is 17.7 Å². The van der Waals surface area contributed by atoms with Crippen molar-refractivity contribution in [1.29, 1.82) is 0 Å². The van der Waals surface area contributed by atoms with Gasteiger partial charge in [0.15, 0.2) is 0 Å². The van der Waals surface area contributed by atoms with E-state index in [0.717, 1.165) is 16.8 Å². The molecule has 2 aromatic rings. The topological polar surface area (TPSA) is 60.1 Å². The van der Waals surface area contributed by atoms with Crippen LogP contribution >= 0.6 is 0 Å². The third kappa shape index (κ3) is 2.62. The molecule has 100 valence electrons. The molecule has 4 heteroatoms. The molecule has 4 nitrogen and oxygen atoms in total. The second-order valence-corrected chi connectivity index (χ2v) is 5.00. The first kappa shape index (κ1) is 13.2. The number of hydrogen-bond donors (Lipinski definition) is 2. The first-order chi connectivity index (χ1) is 8.88. The fourth-order valence-corrected chi connectivity index (χ4v) is 2.37. The number of nitrogens with zero attached hydrogens (tertiary/aromatic N) is 1. The number of carbonyl (C=O) groups excluding carboxylic acids is 1. The molecule has 0 aliphatic rings. The average molecular weight is 257 g/mol. The number of carbonyl (C=O) groups is 1. The molecule has 0 fully saturated rings. The zero-order valence-corrected chi connectivity index (χ0v) is 11.7. The van der Waals surface area contributed by atoms with Crippen molar-refractivity contribution in [2.75, 3.05) is 11.1 Å². The van der Waals surface area contributed by atoms with E-state index >= 15 is 0 Å². The molecule has 1 amide bonds. The number of anilines is 2. The largest absolute Gasteiger partial charge is 0.397 e. The normalized spacial score (nSPS) is 10.5. The van der Waals surface area contributed by atoms with E-state index in [0.29, 0.717) is 11.4 Å². The van der Waals surface area contributed by atoms with Crippen LogP contribution in [0, 0.1) is 20.8 Å². The van der Waals surface area contributed by atoms with Gasteiger partial charge in [-0.3, -0.25) is 4.79 Å². The van der Waals surface area contributed by atoms with E-state index in [-0.39, 0.29) is 5.91 Å². The number of rotatable bonds is 2. The van der Waals surface area contributed by atoms with Crippen molar-refractivity contribution >= 4 is 17.3 Å².